The number of ether oxygens (including phenoxy) is 2. The first-order valence-electron chi connectivity index (χ1n) is 18.8. The maximum Gasteiger partial charge on any atom is 0.410 e. The van der Waals surface area contributed by atoms with Gasteiger partial charge in [-0.1, -0.05) is 60.7 Å². The number of carbonyl (C=O) groups excluding carboxylic acids is 3. The number of benzene rings is 4. The molecule has 11 nitrogen and oxygen atoms in total. The van der Waals surface area contributed by atoms with Crippen molar-refractivity contribution in [1.82, 2.24) is 19.8 Å². The van der Waals surface area contributed by atoms with Crippen LogP contribution < -0.4 is 0 Å². The molecule has 6 aromatic rings. The highest BCUT2D eigenvalue weighted by Crippen LogP contribution is 2.29. The lowest BCUT2D eigenvalue weighted by Crippen LogP contribution is -2.41. The third kappa shape index (κ3) is 8.69. The van der Waals surface area contributed by atoms with E-state index < -0.39 is 54.5 Å². The Balaban J connectivity index is 0.000000174. The fourth-order valence-electron chi connectivity index (χ4n) is 6.90. The fourth-order valence-corrected chi connectivity index (χ4v) is 6.90. The van der Waals surface area contributed by atoms with Gasteiger partial charge in [-0.3, -0.25) is 9.69 Å². The number of likely N-dealkylation sites (tertiary alicyclic amines) is 2. The first kappa shape index (κ1) is 34.7. The summed E-state index contributed by atoms with van der Waals surface area (Å²) in [7, 11) is 0. The van der Waals surface area contributed by atoms with E-state index in [0.29, 0.717) is 32.9 Å². The number of carbonyl (C=O) groups is 3. The molecule has 0 radical (unpaired) electrons. The maximum atomic E-state index is 13.5. The molecule has 2 saturated heterocycles. The van der Waals surface area contributed by atoms with Gasteiger partial charge in [0.15, 0.2) is 5.78 Å². The Kier molecular flexibility index (Phi) is 10.4. The Morgan fingerprint density at radius 1 is 0.709 bits per heavy atom. The molecule has 284 valence electrons. The first-order chi connectivity index (χ1) is 27.4. The predicted octanol–water partition coefficient (Wildman–Crippen LogP) is 6.88. The van der Waals surface area contributed by atoms with Crippen molar-refractivity contribution in [3.8, 4) is 0 Å². The zero-order valence-corrected chi connectivity index (χ0v) is 29.5. The molecule has 4 heterocycles. The minimum atomic E-state index is -1.97. The molecular formula is C42H40F2N4O7. The Labute approximate surface area is 317 Å². The molecule has 2 aliphatic rings. The molecule has 8 rings (SSSR count). The van der Waals surface area contributed by atoms with Crippen LogP contribution in [-0.2, 0) is 29.1 Å². The minimum absolute atomic E-state index is 0.00518. The van der Waals surface area contributed by atoms with Gasteiger partial charge >= 0.3 is 12.2 Å². The third-order valence-corrected chi connectivity index (χ3v) is 9.62. The summed E-state index contributed by atoms with van der Waals surface area (Å²) in [5, 5.41) is 21.3. The van der Waals surface area contributed by atoms with Gasteiger partial charge in [0.1, 0.15) is 30.9 Å². The number of fused-ring (bicyclic) bond motifs is 2. The van der Waals surface area contributed by atoms with Gasteiger partial charge in [0.2, 0.25) is 0 Å². The van der Waals surface area contributed by atoms with Crippen molar-refractivity contribution in [2.45, 2.75) is 56.7 Å². The van der Waals surface area contributed by atoms with E-state index in [1.165, 1.54) is 58.6 Å². The predicted molar refractivity (Wildman–Crippen MR) is 200 cm³/mol. The van der Waals surface area contributed by atoms with Crippen LogP contribution in [0.2, 0.25) is 0 Å². The summed E-state index contributed by atoms with van der Waals surface area (Å²) in [5.41, 5.74) is 3.29. The van der Waals surface area contributed by atoms with Crippen molar-refractivity contribution in [3.63, 3.8) is 0 Å². The van der Waals surface area contributed by atoms with Crippen molar-refractivity contribution >= 4 is 39.8 Å². The number of Topliss-reactive ketones (excluding diaryl/α,β-unsaturated/α-hetero) is 1. The number of β-amino-alcohol motifs (C(OH)–C–C–N with tert-alkyl or cyclic N) is 2. The number of H-pyrrole nitrogens is 2. The van der Waals surface area contributed by atoms with Crippen LogP contribution in [0.15, 0.2) is 109 Å². The van der Waals surface area contributed by atoms with Crippen LogP contribution in [-0.4, -0.2) is 85.3 Å². The van der Waals surface area contributed by atoms with Crippen LogP contribution in [0.3, 0.4) is 0 Å². The standard InChI is InChI=1S/C21H19FN2O4.C21H21FN2O3/c22-14-6-7-16-17(10-23-18(16)8-14)20(26)19-9-15(25)11-24(19)21(27)28-12-13-4-2-1-3-5-13;22-16-6-7-19-15(11-23-20(19)9-16)8-17-10-18(25)12-24(17)21(26)27-13-14-4-2-1-3-5-14/h1-8,10,15,19,23,25H,9,11-12H2;1-7,9,11,17-18,23,25H,8,10,12-13H2/t15-,19-;17-,18+/m01/s1/i;8D2. The monoisotopic (exact) mass is 752 g/mol. The van der Waals surface area contributed by atoms with E-state index in [-0.39, 0.29) is 44.9 Å². The molecule has 4 atom stereocenters. The zero-order valence-electron chi connectivity index (χ0n) is 31.5. The van der Waals surface area contributed by atoms with Crippen LogP contribution in [0.1, 0.15) is 42.6 Å². The molecule has 4 aromatic carbocycles. The zero-order chi connectivity index (χ0) is 40.3. The number of aromatic nitrogens is 2. The Morgan fingerprint density at radius 3 is 1.87 bits per heavy atom. The minimum Gasteiger partial charge on any atom is -0.445 e. The molecule has 2 aromatic heterocycles. The molecular weight excluding hydrogens is 710 g/mol. The van der Waals surface area contributed by atoms with E-state index in [1.54, 1.807) is 0 Å². The quantitative estimate of drug-likeness (QED) is 0.124. The van der Waals surface area contributed by atoms with Crippen molar-refractivity contribution < 1.29 is 45.6 Å². The summed E-state index contributed by atoms with van der Waals surface area (Å²) in [6.07, 6.45) is -1.74. The smallest absolute Gasteiger partial charge is 0.410 e. The second-order valence-electron chi connectivity index (χ2n) is 13.5. The molecule has 0 saturated carbocycles. The number of amides is 2. The molecule has 0 aliphatic carbocycles. The van der Waals surface area contributed by atoms with Crippen LogP contribution >= 0.6 is 0 Å². The highest BCUT2D eigenvalue weighted by Gasteiger charge is 2.41. The lowest BCUT2D eigenvalue weighted by atomic mass is 10.0. The van der Waals surface area contributed by atoms with Crippen LogP contribution in [0.25, 0.3) is 21.8 Å². The number of ketones is 1. The van der Waals surface area contributed by atoms with Crippen molar-refractivity contribution in [1.29, 1.82) is 0 Å². The number of aliphatic hydroxyl groups excluding tert-OH is 2. The average Bonchev–Trinajstić information content (AvgIpc) is 4.01. The second-order valence-corrected chi connectivity index (χ2v) is 13.5. The summed E-state index contributed by atoms with van der Waals surface area (Å²) in [4.78, 5) is 46.5. The van der Waals surface area contributed by atoms with Gasteiger partial charge < -0.3 is 34.6 Å². The van der Waals surface area contributed by atoms with E-state index in [1.807, 2.05) is 60.7 Å². The third-order valence-electron chi connectivity index (χ3n) is 9.62. The average molecular weight is 753 g/mol. The molecule has 2 fully saturated rings. The molecule has 0 spiro atoms. The van der Waals surface area contributed by atoms with Gasteiger partial charge in [-0.05, 0) is 65.9 Å². The largest absolute Gasteiger partial charge is 0.445 e. The van der Waals surface area contributed by atoms with Gasteiger partial charge in [-0.2, -0.15) is 0 Å². The summed E-state index contributed by atoms with van der Waals surface area (Å²) < 4.78 is 55.0. The Morgan fingerprint density at radius 2 is 1.24 bits per heavy atom. The normalized spacial score (nSPS) is 20.1. The second kappa shape index (κ2) is 16.5. The van der Waals surface area contributed by atoms with E-state index in [0.717, 1.165) is 11.1 Å². The number of nitrogens with zero attached hydrogens (tertiary/aromatic N) is 2. The van der Waals surface area contributed by atoms with Gasteiger partial charge in [-0.25, -0.2) is 18.4 Å². The number of aliphatic hydroxyl groups is 2. The van der Waals surface area contributed by atoms with Crippen molar-refractivity contribution in [2.24, 2.45) is 0 Å². The molecule has 2 aliphatic heterocycles. The van der Waals surface area contributed by atoms with Gasteiger partial charge in [0, 0.05) is 55.0 Å². The summed E-state index contributed by atoms with van der Waals surface area (Å²) in [6, 6.07) is 24.9. The molecule has 4 N–H and O–H groups in total. The molecule has 2 amide bonds. The van der Waals surface area contributed by atoms with Gasteiger partial charge in [-0.15, -0.1) is 0 Å². The molecule has 13 heteroatoms. The summed E-state index contributed by atoms with van der Waals surface area (Å²) in [5.74, 6) is -1.14. The number of hydrogen-bond donors (Lipinski definition) is 4. The van der Waals surface area contributed by atoms with Gasteiger partial charge in [0.25, 0.3) is 0 Å². The lowest BCUT2D eigenvalue weighted by Gasteiger charge is -2.23. The summed E-state index contributed by atoms with van der Waals surface area (Å²) >= 11 is 0. The van der Waals surface area contributed by atoms with Crippen molar-refractivity contribution in [3.05, 3.63) is 143 Å². The van der Waals surface area contributed by atoms with Gasteiger partial charge in [0.05, 0.1) is 25.3 Å². The highest BCUT2D eigenvalue weighted by molar-refractivity contribution is 6.11. The molecule has 55 heavy (non-hydrogen) atoms. The number of hydrogen-bond acceptors (Lipinski definition) is 7. The number of aromatic amines is 2. The molecule has 0 bridgehead atoms. The summed E-state index contributed by atoms with van der Waals surface area (Å²) in [6.45, 7) is 0.170. The first-order valence-corrected chi connectivity index (χ1v) is 17.8. The number of nitrogens with one attached hydrogen (secondary N) is 2. The van der Waals surface area contributed by atoms with Crippen LogP contribution in [0, 0.1) is 11.6 Å². The lowest BCUT2D eigenvalue weighted by molar-refractivity contribution is 0.0730. The maximum absolute atomic E-state index is 13.5. The topological polar surface area (TPSA) is 148 Å². The fraction of sp³-hybridized carbons (Fsp3) is 0.262. The van der Waals surface area contributed by atoms with Crippen molar-refractivity contribution in [2.75, 3.05) is 13.1 Å². The van der Waals surface area contributed by atoms with E-state index >= 15 is 0 Å². The van der Waals surface area contributed by atoms with E-state index in [4.69, 9.17) is 12.2 Å². The molecule has 0 unspecified atom stereocenters. The van der Waals surface area contributed by atoms with E-state index in [2.05, 4.69) is 9.97 Å². The van der Waals surface area contributed by atoms with E-state index in [9.17, 15) is 33.4 Å². The number of halogens is 2. The highest BCUT2D eigenvalue weighted by atomic mass is 19.1. The number of rotatable bonds is 8. The van der Waals surface area contributed by atoms with Crippen LogP contribution in [0.4, 0.5) is 18.4 Å². The SMILES string of the molecule is O=C(c1c[nH]c2cc(F)ccc12)[C@@H]1C[C@H](O)CN1C(=O)OCc1ccccc1.[2H]C([2H])(c1c[nH]c2cc(F)ccc12)[C@@H]1C[C@H](O)CN1C(=O)OCc1ccccc1. The Bertz CT molecular complexity index is 2380. The van der Waals surface area contributed by atoms with Crippen LogP contribution in [0.5, 0.6) is 0 Å². The Hall–Kier alpha value is -6.05.